The molecule has 1 aromatic rings. The van der Waals surface area contributed by atoms with Gasteiger partial charge in [0.1, 0.15) is 11.6 Å². The first-order chi connectivity index (χ1) is 9.36. The Morgan fingerprint density at radius 2 is 2.00 bits per heavy atom. The minimum Gasteiger partial charge on any atom is -0.367 e. The molecule has 0 amide bonds. The van der Waals surface area contributed by atoms with Gasteiger partial charge in [-0.25, -0.2) is 15.8 Å². The van der Waals surface area contributed by atoms with E-state index in [-0.39, 0.29) is 17.7 Å². The first-order valence-electron chi connectivity index (χ1n) is 6.14. The topological polar surface area (TPSA) is 75.9 Å². The van der Waals surface area contributed by atoms with E-state index in [1.165, 1.54) is 6.07 Å². The number of anilines is 2. The lowest BCUT2D eigenvalue weighted by Gasteiger charge is -2.16. The lowest BCUT2D eigenvalue weighted by Crippen LogP contribution is -2.21. The Kier molecular flexibility index (Phi) is 6.34. The van der Waals surface area contributed by atoms with E-state index in [1.807, 2.05) is 6.92 Å². The predicted molar refractivity (Wildman–Crippen MR) is 75.5 cm³/mol. The molecule has 5 nitrogen and oxygen atoms in total. The van der Waals surface area contributed by atoms with Crippen LogP contribution in [0.5, 0.6) is 0 Å². The molecule has 0 fully saturated rings. The lowest BCUT2D eigenvalue weighted by molar-refractivity contribution is -0.144. The fourth-order valence-electron chi connectivity index (χ4n) is 1.45. The van der Waals surface area contributed by atoms with Crippen molar-refractivity contribution < 1.29 is 13.2 Å². The molecule has 0 saturated carbocycles. The molecule has 1 atom stereocenters. The van der Waals surface area contributed by atoms with E-state index in [2.05, 4.69) is 27.6 Å². The number of rotatable bonds is 7. The molecule has 0 aliphatic rings. The van der Waals surface area contributed by atoms with Crippen LogP contribution in [0, 0.1) is 0 Å². The highest BCUT2D eigenvalue weighted by Gasteiger charge is 2.35. The molecule has 0 radical (unpaired) electrons. The minimum atomic E-state index is -4.61. The number of aromatic nitrogens is 2. The summed E-state index contributed by atoms with van der Waals surface area (Å²) in [5.74, 6) is 5.88. The average molecular weight is 309 g/mol. The smallest absolute Gasteiger partial charge is 0.367 e. The van der Waals surface area contributed by atoms with E-state index in [0.717, 1.165) is 17.9 Å². The Morgan fingerprint density at radius 3 is 2.55 bits per heavy atom. The number of nitrogens with two attached hydrogens (primary N) is 1. The predicted octanol–water partition coefficient (Wildman–Crippen LogP) is 2.72. The molecular weight excluding hydrogens is 291 g/mol. The normalized spacial score (nSPS) is 13.1. The maximum Gasteiger partial charge on any atom is 0.451 e. The molecule has 1 rings (SSSR count). The molecule has 4 N–H and O–H groups in total. The van der Waals surface area contributed by atoms with Crippen molar-refractivity contribution in [2.75, 3.05) is 22.2 Å². The third-order valence-electron chi connectivity index (χ3n) is 2.42. The number of nitrogen functional groups attached to an aromatic ring is 1. The summed E-state index contributed by atoms with van der Waals surface area (Å²) in [5, 5.41) is 2.93. The highest BCUT2D eigenvalue weighted by atomic mass is 32.2. The van der Waals surface area contributed by atoms with E-state index in [0.29, 0.717) is 0 Å². The summed E-state index contributed by atoms with van der Waals surface area (Å²) in [4.78, 5) is 6.76. The standard InChI is InChI=1S/C11H18F3N5S/c1-3-20-5-4-7(2)16-8-6-9(19-15)18-10(17-8)11(12,13)14/h6-7H,3-5,15H2,1-2H3,(H2,16,17,18,19). The first kappa shape index (κ1) is 16.8. The molecule has 1 aromatic heterocycles. The van der Waals surface area contributed by atoms with Crippen molar-refractivity contribution in [1.29, 1.82) is 0 Å². The van der Waals surface area contributed by atoms with Crippen LogP contribution in [0.15, 0.2) is 6.07 Å². The first-order valence-corrected chi connectivity index (χ1v) is 7.29. The summed E-state index contributed by atoms with van der Waals surface area (Å²) >= 11 is 1.78. The van der Waals surface area contributed by atoms with Crippen molar-refractivity contribution in [3.05, 3.63) is 11.9 Å². The summed E-state index contributed by atoms with van der Waals surface area (Å²) in [6.45, 7) is 3.95. The van der Waals surface area contributed by atoms with E-state index < -0.39 is 12.0 Å². The van der Waals surface area contributed by atoms with E-state index >= 15 is 0 Å². The van der Waals surface area contributed by atoms with Crippen LogP contribution >= 0.6 is 11.8 Å². The van der Waals surface area contributed by atoms with Crippen LogP contribution in [-0.2, 0) is 6.18 Å². The van der Waals surface area contributed by atoms with Crippen LogP contribution in [0.2, 0.25) is 0 Å². The van der Waals surface area contributed by atoms with Crippen molar-refractivity contribution in [2.24, 2.45) is 5.84 Å². The van der Waals surface area contributed by atoms with Crippen molar-refractivity contribution in [1.82, 2.24) is 9.97 Å². The number of hydrogen-bond donors (Lipinski definition) is 3. The van der Waals surface area contributed by atoms with Gasteiger partial charge in [0.25, 0.3) is 0 Å². The second-order valence-corrected chi connectivity index (χ2v) is 5.53. The minimum absolute atomic E-state index is 0.00987. The summed E-state index contributed by atoms with van der Waals surface area (Å²) in [6, 6.07) is 1.36. The van der Waals surface area contributed by atoms with Crippen molar-refractivity contribution in [2.45, 2.75) is 32.5 Å². The number of alkyl halides is 3. The third-order valence-corrected chi connectivity index (χ3v) is 3.35. The number of nitrogens with one attached hydrogen (secondary N) is 2. The number of hydrogen-bond acceptors (Lipinski definition) is 6. The fourth-order valence-corrected chi connectivity index (χ4v) is 2.26. The van der Waals surface area contributed by atoms with Crippen LogP contribution < -0.4 is 16.6 Å². The van der Waals surface area contributed by atoms with Gasteiger partial charge in [-0.05, 0) is 24.9 Å². The Balaban J connectivity index is 2.78. The average Bonchev–Trinajstić information content (AvgIpc) is 2.37. The molecule has 9 heteroatoms. The SMILES string of the molecule is CCSCCC(C)Nc1cc(NN)nc(C(F)(F)F)n1. The van der Waals surface area contributed by atoms with Gasteiger partial charge in [0.2, 0.25) is 5.82 Å². The highest BCUT2D eigenvalue weighted by Crippen LogP contribution is 2.28. The maximum atomic E-state index is 12.6. The Morgan fingerprint density at radius 1 is 1.35 bits per heavy atom. The summed E-state index contributed by atoms with van der Waals surface area (Å²) in [7, 11) is 0. The van der Waals surface area contributed by atoms with E-state index in [9.17, 15) is 13.2 Å². The Bertz CT molecular complexity index is 427. The second kappa shape index (κ2) is 7.53. The van der Waals surface area contributed by atoms with Crippen molar-refractivity contribution in [3.8, 4) is 0 Å². The summed E-state index contributed by atoms with van der Waals surface area (Å²) in [5.41, 5.74) is 2.11. The molecule has 0 spiro atoms. The van der Waals surface area contributed by atoms with Gasteiger partial charge in [-0.1, -0.05) is 6.92 Å². The van der Waals surface area contributed by atoms with E-state index in [4.69, 9.17) is 5.84 Å². The van der Waals surface area contributed by atoms with Crippen LogP contribution in [0.4, 0.5) is 24.8 Å². The zero-order chi connectivity index (χ0) is 15.2. The zero-order valence-electron chi connectivity index (χ0n) is 11.3. The number of halogens is 3. The van der Waals surface area contributed by atoms with Crippen LogP contribution in [-0.4, -0.2) is 27.5 Å². The van der Waals surface area contributed by atoms with Gasteiger partial charge in [-0.2, -0.15) is 24.9 Å². The Hall–Kier alpha value is -1.22. The summed E-state index contributed by atoms with van der Waals surface area (Å²) in [6.07, 6.45) is -3.78. The van der Waals surface area contributed by atoms with E-state index in [1.54, 1.807) is 11.8 Å². The highest BCUT2D eigenvalue weighted by molar-refractivity contribution is 7.99. The molecular formula is C11H18F3N5S. The summed E-state index contributed by atoms with van der Waals surface area (Å²) < 4.78 is 37.9. The largest absolute Gasteiger partial charge is 0.451 e. The van der Waals surface area contributed by atoms with Gasteiger partial charge < -0.3 is 10.7 Å². The third kappa shape index (κ3) is 5.41. The number of thioether (sulfide) groups is 1. The Labute approximate surface area is 119 Å². The van der Waals surface area contributed by atoms with Crippen molar-refractivity contribution in [3.63, 3.8) is 0 Å². The molecule has 20 heavy (non-hydrogen) atoms. The quantitative estimate of drug-likeness (QED) is 0.408. The van der Waals surface area contributed by atoms with Gasteiger partial charge in [-0.15, -0.1) is 0 Å². The number of hydrazine groups is 1. The van der Waals surface area contributed by atoms with Gasteiger partial charge in [0.15, 0.2) is 0 Å². The second-order valence-electron chi connectivity index (χ2n) is 4.14. The van der Waals surface area contributed by atoms with Gasteiger partial charge in [0, 0.05) is 12.1 Å². The number of nitrogens with zero attached hydrogens (tertiary/aromatic N) is 2. The maximum absolute atomic E-state index is 12.6. The van der Waals surface area contributed by atoms with Crippen LogP contribution in [0.3, 0.4) is 0 Å². The molecule has 1 unspecified atom stereocenters. The molecule has 0 aliphatic carbocycles. The van der Waals surface area contributed by atoms with Gasteiger partial charge in [-0.3, -0.25) is 0 Å². The molecule has 1 heterocycles. The van der Waals surface area contributed by atoms with Crippen molar-refractivity contribution >= 4 is 23.4 Å². The van der Waals surface area contributed by atoms with Crippen LogP contribution in [0.25, 0.3) is 0 Å². The molecule has 114 valence electrons. The fraction of sp³-hybridized carbons (Fsp3) is 0.636. The molecule has 0 saturated heterocycles. The molecule has 0 aliphatic heterocycles. The van der Waals surface area contributed by atoms with Gasteiger partial charge >= 0.3 is 6.18 Å². The molecule has 0 aromatic carbocycles. The van der Waals surface area contributed by atoms with Gasteiger partial charge in [0.05, 0.1) is 0 Å². The monoisotopic (exact) mass is 309 g/mol. The lowest BCUT2D eigenvalue weighted by atomic mass is 10.2. The van der Waals surface area contributed by atoms with Crippen LogP contribution in [0.1, 0.15) is 26.1 Å². The molecule has 0 bridgehead atoms. The zero-order valence-corrected chi connectivity index (χ0v) is 12.1.